The van der Waals surface area contributed by atoms with Crippen LogP contribution in [0, 0.1) is 0 Å². The third kappa shape index (κ3) is 3.42. The maximum Gasteiger partial charge on any atom is 0.133 e. The number of ether oxygens (including phenoxy) is 1. The Morgan fingerprint density at radius 3 is 3.17 bits per heavy atom. The van der Waals surface area contributed by atoms with Crippen molar-refractivity contribution in [2.45, 2.75) is 26.2 Å². The van der Waals surface area contributed by atoms with Crippen LogP contribution in [-0.4, -0.2) is 18.9 Å². The summed E-state index contributed by atoms with van der Waals surface area (Å²) in [4.78, 5) is 5.08. The molecule has 0 bridgehead atoms. The maximum absolute atomic E-state index is 5.08. The van der Waals surface area contributed by atoms with Gasteiger partial charge in [0.15, 0.2) is 0 Å². The van der Waals surface area contributed by atoms with Crippen LogP contribution in [0.4, 0.5) is 0 Å². The molecule has 1 aliphatic heterocycles. The average Bonchev–Trinajstić information content (AvgIpc) is 2.57. The number of hydrogen-bond acceptors (Lipinski definition) is 3. The van der Waals surface area contributed by atoms with Crippen molar-refractivity contribution < 1.29 is 9.57 Å². The average molecular weight is 169 g/mol. The summed E-state index contributed by atoms with van der Waals surface area (Å²) in [6.07, 6.45) is 6.95. The molecule has 0 radical (unpaired) electrons. The maximum atomic E-state index is 5.08. The monoisotopic (exact) mass is 169 g/mol. The van der Waals surface area contributed by atoms with E-state index in [-0.39, 0.29) is 0 Å². The second-order valence-electron chi connectivity index (χ2n) is 2.74. The van der Waals surface area contributed by atoms with Crippen molar-refractivity contribution in [2.75, 3.05) is 13.2 Å². The fourth-order valence-corrected chi connectivity index (χ4v) is 0.910. The zero-order chi connectivity index (χ0) is 8.65. The summed E-state index contributed by atoms with van der Waals surface area (Å²) in [6.45, 7) is 3.43. The fourth-order valence-electron chi connectivity index (χ4n) is 0.910. The van der Waals surface area contributed by atoms with Crippen LogP contribution < -0.4 is 0 Å². The van der Waals surface area contributed by atoms with Gasteiger partial charge in [0.2, 0.25) is 0 Å². The molecule has 12 heavy (non-hydrogen) atoms. The standard InChI is InChI=1S/C9H15NO2/c1-2-3-4-6-12-10-9-5-7-11-8-9/h5,7H,2-4,6,8H2,1H3. The van der Waals surface area contributed by atoms with Crippen LogP contribution in [0.1, 0.15) is 26.2 Å². The minimum atomic E-state index is 0.549. The van der Waals surface area contributed by atoms with Gasteiger partial charge in [-0.25, -0.2) is 0 Å². The summed E-state index contributed by atoms with van der Waals surface area (Å²) in [5.74, 6) is 0. The highest BCUT2D eigenvalue weighted by atomic mass is 16.6. The number of oxime groups is 1. The van der Waals surface area contributed by atoms with E-state index in [2.05, 4.69) is 12.1 Å². The normalized spacial score (nSPS) is 18.2. The molecular weight excluding hydrogens is 154 g/mol. The third-order valence-electron chi connectivity index (χ3n) is 1.61. The Kier molecular flexibility index (Phi) is 4.27. The number of hydrogen-bond donors (Lipinski definition) is 0. The molecule has 0 spiro atoms. The van der Waals surface area contributed by atoms with Crippen molar-refractivity contribution in [3.63, 3.8) is 0 Å². The minimum absolute atomic E-state index is 0.549. The van der Waals surface area contributed by atoms with Gasteiger partial charge in [0.1, 0.15) is 18.9 Å². The van der Waals surface area contributed by atoms with E-state index in [0.29, 0.717) is 13.2 Å². The number of rotatable bonds is 5. The first-order chi connectivity index (χ1) is 5.93. The van der Waals surface area contributed by atoms with Crippen molar-refractivity contribution in [1.82, 2.24) is 0 Å². The predicted octanol–water partition coefficient (Wildman–Crippen LogP) is 2.09. The van der Waals surface area contributed by atoms with Crippen molar-refractivity contribution >= 4 is 5.71 Å². The summed E-state index contributed by atoms with van der Waals surface area (Å²) in [6, 6.07) is 0. The van der Waals surface area contributed by atoms with E-state index in [4.69, 9.17) is 9.57 Å². The van der Waals surface area contributed by atoms with Crippen LogP contribution in [0.2, 0.25) is 0 Å². The van der Waals surface area contributed by atoms with E-state index in [1.807, 2.05) is 6.08 Å². The summed E-state index contributed by atoms with van der Waals surface area (Å²) < 4.78 is 4.94. The highest BCUT2D eigenvalue weighted by Gasteiger charge is 2.00. The molecule has 68 valence electrons. The van der Waals surface area contributed by atoms with Crippen LogP contribution >= 0.6 is 0 Å². The lowest BCUT2D eigenvalue weighted by Crippen LogP contribution is -1.98. The molecule has 1 heterocycles. The molecule has 1 aliphatic rings. The van der Waals surface area contributed by atoms with E-state index in [0.717, 1.165) is 12.1 Å². The summed E-state index contributed by atoms with van der Waals surface area (Å²) in [5, 5.41) is 3.90. The summed E-state index contributed by atoms with van der Waals surface area (Å²) in [7, 11) is 0. The van der Waals surface area contributed by atoms with Gasteiger partial charge in [-0.05, 0) is 6.42 Å². The molecule has 0 unspecified atom stereocenters. The quantitative estimate of drug-likeness (QED) is 0.466. The van der Waals surface area contributed by atoms with Crippen molar-refractivity contribution in [3.05, 3.63) is 12.3 Å². The van der Waals surface area contributed by atoms with Crippen LogP contribution in [0.15, 0.2) is 17.5 Å². The Bertz CT molecular complexity index is 175. The highest BCUT2D eigenvalue weighted by Crippen LogP contribution is 1.98. The molecule has 0 aromatic rings. The summed E-state index contributed by atoms with van der Waals surface area (Å²) in [5.41, 5.74) is 0.867. The van der Waals surface area contributed by atoms with Crippen molar-refractivity contribution in [1.29, 1.82) is 0 Å². The first-order valence-electron chi connectivity index (χ1n) is 4.40. The molecule has 1 rings (SSSR count). The molecular formula is C9H15NO2. The zero-order valence-electron chi connectivity index (χ0n) is 7.45. The molecule has 0 amide bonds. The molecule has 0 saturated heterocycles. The molecule has 0 aromatic carbocycles. The highest BCUT2D eigenvalue weighted by molar-refractivity contribution is 5.96. The Hall–Kier alpha value is -0.990. The molecule has 0 fully saturated rings. The van der Waals surface area contributed by atoms with Gasteiger partial charge < -0.3 is 9.57 Å². The lowest BCUT2D eigenvalue weighted by molar-refractivity contribution is 0.138. The van der Waals surface area contributed by atoms with Gasteiger partial charge in [-0.3, -0.25) is 0 Å². The topological polar surface area (TPSA) is 30.8 Å². The molecule has 0 N–H and O–H groups in total. The third-order valence-corrected chi connectivity index (χ3v) is 1.61. The lowest BCUT2D eigenvalue weighted by Gasteiger charge is -1.98. The van der Waals surface area contributed by atoms with Gasteiger partial charge in [-0.1, -0.05) is 24.9 Å². The van der Waals surface area contributed by atoms with Crippen LogP contribution in [0.5, 0.6) is 0 Å². The van der Waals surface area contributed by atoms with E-state index < -0.39 is 0 Å². The van der Waals surface area contributed by atoms with Gasteiger partial charge in [-0.2, -0.15) is 0 Å². The van der Waals surface area contributed by atoms with E-state index in [9.17, 15) is 0 Å². The molecule has 0 aromatic heterocycles. The second kappa shape index (κ2) is 5.63. The van der Waals surface area contributed by atoms with Crippen LogP contribution in [-0.2, 0) is 9.57 Å². The Labute approximate surface area is 73.0 Å². The second-order valence-corrected chi connectivity index (χ2v) is 2.74. The van der Waals surface area contributed by atoms with Gasteiger partial charge in [0.25, 0.3) is 0 Å². The largest absolute Gasteiger partial charge is 0.495 e. The van der Waals surface area contributed by atoms with Gasteiger partial charge in [0, 0.05) is 6.08 Å². The predicted molar refractivity (Wildman–Crippen MR) is 48.0 cm³/mol. The first-order valence-corrected chi connectivity index (χ1v) is 4.40. The zero-order valence-corrected chi connectivity index (χ0v) is 7.45. The van der Waals surface area contributed by atoms with Crippen molar-refractivity contribution in [3.8, 4) is 0 Å². The van der Waals surface area contributed by atoms with E-state index in [1.54, 1.807) is 6.26 Å². The Morgan fingerprint density at radius 2 is 2.50 bits per heavy atom. The molecule has 0 aliphatic carbocycles. The Balaban J connectivity index is 2.00. The smallest absolute Gasteiger partial charge is 0.133 e. The van der Waals surface area contributed by atoms with Crippen LogP contribution in [0.3, 0.4) is 0 Å². The van der Waals surface area contributed by atoms with Gasteiger partial charge in [-0.15, -0.1) is 0 Å². The van der Waals surface area contributed by atoms with Crippen molar-refractivity contribution in [2.24, 2.45) is 5.16 Å². The van der Waals surface area contributed by atoms with Crippen LogP contribution in [0.25, 0.3) is 0 Å². The van der Waals surface area contributed by atoms with E-state index >= 15 is 0 Å². The molecule has 3 nitrogen and oxygen atoms in total. The molecule has 3 heteroatoms. The minimum Gasteiger partial charge on any atom is -0.495 e. The Morgan fingerprint density at radius 1 is 1.58 bits per heavy atom. The van der Waals surface area contributed by atoms with Gasteiger partial charge in [0.05, 0.1) is 6.26 Å². The summed E-state index contributed by atoms with van der Waals surface area (Å²) >= 11 is 0. The van der Waals surface area contributed by atoms with Gasteiger partial charge >= 0.3 is 0 Å². The fraction of sp³-hybridized carbons (Fsp3) is 0.667. The molecule has 0 atom stereocenters. The SMILES string of the molecule is CCCCCON=C1C=COC1. The lowest BCUT2D eigenvalue weighted by atomic mass is 10.3. The molecule has 0 saturated carbocycles. The number of unbranched alkanes of at least 4 members (excludes halogenated alkanes) is 2. The number of nitrogens with zero attached hydrogens (tertiary/aromatic N) is 1. The first kappa shape index (κ1) is 9.10. The van der Waals surface area contributed by atoms with E-state index in [1.165, 1.54) is 12.8 Å².